The number of rotatable bonds is 4. The zero-order valence-electron chi connectivity index (χ0n) is 10.7. The van der Waals surface area contributed by atoms with E-state index in [-0.39, 0.29) is 18.6 Å². The molecule has 0 bridgehead atoms. The zero-order chi connectivity index (χ0) is 13.7. The second-order valence-electron chi connectivity index (χ2n) is 4.66. The summed E-state index contributed by atoms with van der Waals surface area (Å²) >= 11 is 0. The minimum atomic E-state index is -0.966. The largest absolute Gasteiger partial charge is 0.480 e. The highest BCUT2D eigenvalue weighted by molar-refractivity contribution is 5.81. The van der Waals surface area contributed by atoms with Gasteiger partial charge in [0.15, 0.2) is 6.10 Å². The third kappa shape index (κ3) is 4.15. The average Bonchev–Trinajstić information content (AvgIpc) is 2.46. The molecular formula is C12H19NO6. The second-order valence-corrected chi connectivity index (χ2v) is 4.66. The van der Waals surface area contributed by atoms with Crippen molar-refractivity contribution in [1.29, 1.82) is 0 Å². The predicted molar refractivity (Wildman–Crippen MR) is 63.7 cm³/mol. The highest BCUT2D eigenvalue weighted by Gasteiger charge is 2.30. The maximum absolute atomic E-state index is 12.1. The molecule has 0 aromatic heterocycles. The van der Waals surface area contributed by atoms with E-state index in [9.17, 15) is 9.59 Å². The van der Waals surface area contributed by atoms with Crippen molar-refractivity contribution < 1.29 is 28.9 Å². The molecule has 2 aliphatic rings. The second kappa shape index (κ2) is 6.83. The van der Waals surface area contributed by atoms with Crippen LogP contribution in [-0.2, 0) is 23.8 Å². The number of carbonyl (C=O) groups excluding carboxylic acids is 1. The number of hydrogen-bond donors (Lipinski definition) is 1. The van der Waals surface area contributed by atoms with E-state index in [4.69, 9.17) is 19.3 Å². The summed E-state index contributed by atoms with van der Waals surface area (Å²) in [7, 11) is 0. The van der Waals surface area contributed by atoms with Crippen LogP contribution in [0.3, 0.4) is 0 Å². The van der Waals surface area contributed by atoms with E-state index < -0.39 is 12.1 Å². The van der Waals surface area contributed by atoms with E-state index in [1.54, 1.807) is 4.90 Å². The van der Waals surface area contributed by atoms with Gasteiger partial charge in [0.1, 0.15) is 6.61 Å². The molecule has 2 saturated heterocycles. The number of carboxylic acids is 1. The number of carboxylic acid groups (broad SMARTS) is 1. The fourth-order valence-electron chi connectivity index (χ4n) is 2.27. The fourth-order valence-corrected chi connectivity index (χ4v) is 2.27. The van der Waals surface area contributed by atoms with Crippen LogP contribution in [0.1, 0.15) is 12.8 Å². The maximum atomic E-state index is 12.1. The Labute approximate surface area is 111 Å². The van der Waals surface area contributed by atoms with Gasteiger partial charge in [-0.1, -0.05) is 0 Å². The molecular weight excluding hydrogens is 254 g/mol. The van der Waals surface area contributed by atoms with Crippen LogP contribution in [0.25, 0.3) is 0 Å². The number of hydrogen-bond acceptors (Lipinski definition) is 5. The quantitative estimate of drug-likeness (QED) is 0.743. The Balaban J connectivity index is 1.72. The monoisotopic (exact) mass is 273 g/mol. The number of nitrogens with zero attached hydrogens (tertiary/aromatic N) is 1. The zero-order valence-corrected chi connectivity index (χ0v) is 10.7. The fraction of sp³-hybridized carbons (Fsp3) is 0.833. The highest BCUT2D eigenvalue weighted by Crippen LogP contribution is 2.16. The molecule has 2 heterocycles. The van der Waals surface area contributed by atoms with E-state index in [2.05, 4.69) is 0 Å². The lowest BCUT2D eigenvalue weighted by Gasteiger charge is -2.34. The first-order chi connectivity index (χ1) is 9.16. The summed E-state index contributed by atoms with van der Waals surface area (Å²) in [6.07, 6.45) is 0.744. The van der Waals surface area contributed by atoms with E-state index >= 15 is 0 Å². The van der Waals surface area contributed by atoms with Crippen LogP contribution in [0.15, 0.2) is 0 Å². The molecule has 1 amide bonds. The van der Waals surface area contributed by atoms with E-state index in [0.29, 0.717) is 45.8 Å². The van der Waals surface area contributed by atoms with Crippen molar-refractivity contribution in [3.05, 3.63) is 0 Å². The van der Waals surface area contributed by atoms with Crippen LogP contribution in [0.4, 0.5) is 0 Å². The summed E-state index contributed by atoms with van der Waals surface area (Å²) in [4.78, 5) is 24.2. The molecule has 0 radical (unpaired) electrons. The molecule has 7 nitrogen and oxygen atoms in total. The molecule has 0 saturated carbocycles. The third-order valence-corrected chi connectivity index (χ3v) is 3.29. The van der Waals surface area contributed by atoms with Gasteiger partial charge in [0, 0.05) is 13.1 Å². The summed E-state index contributed by atoms with van der Waals surface area (Å²) in [5.41, 5.74) is 0. The van der Waals surface area contributed by atoms with Crippen molar-refractivity contribution in [1.82, 2.24) is 4.90 Å². The first-order valence-corrected chi connectivity index (χ1v) is 6.48. The number of aliphatic carboxylic acids is 1. The molecule has 1 unspecified atom stereocenters. The van der Waals surface area contributed by atoms with Gasteiger partial charge in [-0.15, -0.1) is 0 Å². The number of ether oxygens (including phenoxy) is 3. The minimum Gasteiger partial charge on any atom is -0.480 e. The van der Waals surface area contributed by atoms with Crippen molar-refractivity contribution >= 4 is 11.9 Å². The van der Waals surface area contributed by atoms with Crippen LogP contribution in [0.5, 0.6) is 0 Å². The molecule has 2 rings (SSSR count). The summed E-state index contributed by atoms with van der Waals surface area (Å²) in [6, 6.07) is 0. The van der Waals surface area contributed by atoms with Crippen molar-refractivity contribution in [2.24, 2.45) is 0 Å². The lowest BCUT2D eigenvalue weighted by molar-refractivity contribution is -0.161. The Morgan fingerprint density at radius 3 is 2.58 bits per heavy atom. The normalized spacial score (nSPS) is 25.3. The van der Waals surface area contributed by atoms with Crippen LogP contribution in [0.2, 0.25) is 0 Å². The maximum Gasteiger partial charge on any atom is 0.329 e. The molecule has 2 fully saturated rings. The summed E-state index contributed by atoms with van der Waals surface area (Å²) in [6.45, 7) is 2.17. The average molecular weight is 273 g/mol. The molecule has 1 atom stereocenters. The van der Waals surface area contributed by atoms with Crippen LogP contribution < -0.4 is 0 Å². The van der Waals surface area contributed by atoms with Crippen LogP contribution in [-0.4, -0.2) is 73.6 Å². The van der Waals surface area contributed by atoms with Crippen LogP contribution >= 0.6 is 0 Å². The lowest BCUT2D eigenvalue weighted by atomic mass is 10.1. The van der Waals surface area contributed by atoms with Gasteiger partial charge >= 0.3 is 5.97 Å². The number of carbonyl (C=O) groups is 2. The Kier molecular flexibility index (Phi) is 5.12. The smallest absolute Gasteiger partial charge is 0.329 e. The standard InChI is InChI=1S/C12H19NO6/c14-11(15)8-19-9-1-3-13(4-2-9)12(16)10-7-17-5-6-18-10/h9-10H,1-8H2,(H,14,15). The molecule has 108 valence electrons. The first-order valence-electron chi connectivity index (χ1n) is 6.48. The van der Waals surface area contributed by atoms with E-state index in [0.717, 1.165) is 0 Å². The molecule has 7 heteroatoms. The summed E-state index contributed by atoms with van der Waals surface area (Å²) in [5.74, 6) is -1.01. The Morgan fingerprint density at radius 2 is 2.00 bits per heavy atom. The van der Waals surface area contributed by atoms with Gasteiger partial charge in [-0.3, -0.25) is 4.79 Å². The molecule has 0 aliphatic carbocycles. The van der Waals surface area contributed by atoms with Gasteiger partial charge in [0.25, 0.3) is 5.91 Å². The van der Waals surface area contributed by atoms with Crippen molar-refractivity contribution in [2.45, 2.75) is 25.0 Å². The predicted octanol–water partition coefficient (Wildman–Crippen LogP) is -0.506. The minimum absolute atomic E-state index is 0.0450. The Morgan fingerprint density at radius 1 is 1.26 bits per heavy atom. The Bertz CT molecular complexity index is 320. The van der Waals surface area contributed by atoms with E-state index in [1.807, 2.05) is 0 Å². The van der Waals surface area contributed by atoms with Gasteiger partial charge in [0.05, 0.1) is 25.9 Å². The van der Waals surface area contributed by atoms with Gasteiger partial charge < -0.3 is 24.2 Å². The Hall–Kier alpha value is -1.18. The molecule has 19 heavy (non-hydrogen) atoms. The van der Waals surface area contributed by atoms with Gasteiger partial charge in [-0.05, 0) is 12.8 Å². The SMILES string of the molecule is O=C(O)COC1CCN(C(=O)C2COCCO2)CC1. The summed E-state index contributed by atoms with van der Waals surface area (Å²) < 4.78 is 15.8. The first kappa shape index (κ1) is 14.2. The van der Waals surface area contributed by atoms with Gasteiger partial charge in [-0.2, -0.15) is 0 Å². The number of likely N-dealkylation sites (tertiary alicyclic amines) is 1. The lowest BCUT2D eigenvalue weighted by Crippen LogP contribution is -2.49. The third-order valence-electron chi connectivity index (χ3n) is 3.29. The van der Waals surface area contributed by atoms with Crippen molar-refractivity contribution in [3.8, 4) is 0 Å². The van der Waals surface area contributed by atoms with Crippen molar-refractivity contribution in [2.75, 3.05) is 39.5 Å². The van der Waals surface area contributed by atoms with E-state index in [1.165, 1.54) is 0 Å². The number of piperidine rings is 1. The summed E-state index contributed by atoms with van der Waals surface area (Å²) in [5, 5.41) is 8.53. The molecule has 0 aromatic carbocycles. The molecule has 0 spiro atoms. The number of amides is 1. The topological polar surface area (TPSA) is 85.3 Å². The van der Waals surface area contributed by atoms with Gasteiger partial charge in [-0.25, -0.2) is 4.79 Å². The van der Waals surface area contributed by atoms with Gasteiger partial charge in [0.2, 0.25) is 0 Å². The van der Waals surface area contributed by atoms with Crippen molar-refractivity contribution in [3.63, 3.8) is 0 Å². The molecule has 1 N–H and O–H groups in total. The molecule has 2 aliphatic heterocycles. The highest BCUT2D eigenvalue weighted by atomic mass is 16.6. The molecule has 0 aromatic rings. The van der Waals surface area contributed by atoms with Crippen LogP contribution in [0, 0.1) is 0 Å².